The van der Waals surface area contributed by atoms with Gasteiger partial charge in [-0.05, 0) is 25.5 Å². The van der Waals surface area contributed by atoms with Crippen LogP contribution in [-0.4, -0.2) is 22.4 Å². The molecule has 1 heterocycles. The zero-order valence-electron chi connectivity index (χ0n) is 13.0. The molecule has 0 fully saturated rings. The number of hydrogen-bond donors (Lipinski definition) is 1. The number of nitrogens with one attached hydrogen (secondary N) is 1. The van der Waals surface area contributed by atoms with Crippen molar-refractivity contribution < 1.29 is 0 Å². The molecule has 0 aliphatic rings. The fourth-order valence-corrected chi connectivity index (χ4v) is 2.56. The van der Waals surface area contributed by atoms with Crippen LogP contribution < -0.4 is 10.7 Å². The first-order chi connectivity index (χ1) is 10.2. The van der Waals surface area contributed by atoms with Crippen LogP contribution in [0.5, 0.6) is 0 Å². The van der Waals surface area contributed by atoms with Crippen molar-refractivity contribution in [1.29, 1.82) is 0 Å². The number of benzene rings is 1. The first-order valence-electron chi connectivity index (χ1n) is 7.90. The highest BCUT2D eigenvalue weighted by atomic mass is 16.1. The number of para-hydroxylation sites is 1. The first kappa shape index (κ1) is 15.7. The van der Waals surface area contributed by atoms with E-state index < -0.39 is 0 Å². The van der Waals surface area contributed by atoms with Gasteiger partial charge in [0.1, 0.15) is 0 Å². The molecule has 0 saturated heterocycles. The van der Waals surface area contributed by atoms with Gasteiger partial charge in [0.15, 0.2) is 0 Å². The summed E-state index contributed by atoms with van der Waals surface area (Å²) in [6.45, 7) is 6.10. The molecule has 2 aromatic rings. The van der Waals surface area contributed by atoms with Gasteiger partial charge in [-0.25, -0.2) is 0 Å². The smallest absolute Gasteiger partial charge is 0.207 e. The number of fused-ring (bicyclic) bond motifs is 1. The van der Waals surface area contributed by atoms with E-state index in [1.165, 1.54) is 31.9 Å². The Hall–Kier alpha value is -1.68. The highest BCUT2D eigenvalue weighted by Crippen LogP contribution is 2.07. The monoisotopic (exact) mass is 287 g/mol. The number of hydrogen-bond acceptors (Lipinski definition) is 3. The van der Waals surface area contributed by atoms with Crippen molar-refractivity contribution in [2.75, 3.05) is 6.54 Å². The lowest BCUT2D eigenvalue weighted by molar-refractivity contribution is 0.462. The number of rotatable bonds is 8. The van der Waals surface area contributed by atoms with Crippen molar-refractivity contribution in [1.82, 2.24) is 15.1 Å². The van der Waals surface area contributed by atoms with E-state index in [1.807, 2.05) is 28.9 Å². The molecule has 1 aromatic carbocycles. The zero-order chi connectivity index (χ0) is 15.1. The van der Waals surface area contributed by atoms with Gasteiger partial charge in [-0.3, -0.25) is 9.48 Å². The molecular weight excluding hydrogens is 262 g/mol. The summed E-state index contributed by atoms with van der Waals surface area (Å²) in [6, 6.07) is 8.18. The average Bonchev–Trinajstić information content (AvgIpc) is 2.50. The van der Waals surface area contributed by atoms with Crippen molar-refractivity contribution >= 4 is 10.9 Å². The Bertz CT molecular complexity index is 621. The topological polar surface area (TPSA) is 46.9 Å². The van der Waals surface area contributed by atoms with Gasteiger partial charge in [-0.15, -0.1) is 0 Å². The predicted molar refractivity (Wildman–Crippen MR) is 87.6 cm³/mol. The lowest BCUT2D eigenvalue weighted by Crippen LogP contribution is -2.30. The molecule has 1 atom stereocenters. The van der Waals surface area contributed by atoms with Crippen molar-refractivity contribution in [3.05, 3.63) is 40.7 Å². The molecule has 0 saturated carbocycles. The standard InChI is InChI=1S/C17H25N3O/c1-3-4-5-8-14(2)18-11-12-20-16-10-7-6-9-15(16)17(21)13-19-20/h6-7,9-10,13-14,18H,3-5,8,11-12H2,1-2H3. The molecule has 1 aromatic heterocycles. The van der Waals surface area contributed by atoms with Gasteiger partial charge in [0, 0.05) is 18.0 Å². The minimum atomic E-state index is -0.0113. The fraction of sp³-hybridized carbons (Fsp3) is 0.529. The molecule has 21 heavy (non-hydrogen) atoms. The molecule has 0 bridgehead atoms. The maximum absolute atomic E-state index is 11.8. The SMILES string of the molecule is CCCCCC(C)NCCn1ncc(=O)c2ccccc21. The van der Waals surface area contributed by atoms with Crippen LogP contribution in [0.2, 0.25) is 0 Å². The summed E-state index contributed by atoms with van der Waals surface area (Å²) in [5.41, 5.74) is 0.896. The van der Waals surface area contributed by atoms with Crippen LogP contribution in [-0.2, 0) is 6.54 Å². The Kier molecular flexibility index (Phi) is 5.93. The minimum absolute atomic E-state index is 0.0113. The Labute approximate surface area is 126 Å². The second-order valence-corrected chi connectivity index (χ2v) is 5.60. The van der Waals surface area contributed by atoms with Gasteiger partial charge >= 0.3 is 0 Å². The summed E-state index contributed by atoms with van der Waals surface area (Å²) in [6.07, 6.45) is 6.47. The maximum Gasteiger partial charge on any atom is 0.207 e. The molecule has 0 amide bonds. The van der Waals surface area contributed by atoms with Crippen molar-refractivity contribution in [3.8, 4) is 0 Å². The summed E-state index contributed by atoms with van der Waals surface area (Å²) >= 11 is 0. The van der Waals surface area contributed by atoms with Crippen LogP contribution in [0.3, 0.4) is 0 Å². The number of aromatic nitrogens is 2. The molecule has 0 spiro atoms. The Morgan fingerprint density at radius 2 is 2.10 bits per heavy atom. The van der Waals surface area contributed by atoms with Crippen molar-refractivity contribution in [2.24, 2.45) is 0 Å². The van der Waals surface area contributed by atoms with Crippen LogP contribution in [0.25, 0.3) is 10.9 Å². The van der Waals surface area contributed by atoms with Crippen LogP contribution >= 0.6 is 0 Å². The number of nitrogens with zero attached hydrogens (tertiary/aromatic N) is 2. The normalized spacial score (nSPS) is 12.7. The molecule has 0 radical (unpaired) electrons. The Balaban J connectivity index is 1.92. The van der Waals surface area contributed by atoms with E-state index in [0.29, 0.717) is 6.04 Å². The quantitative estimate of drug-likeness (QED) is 0.759. The van der Waals surface area contributed by atoms with E-state index in [9.17, 15) is 4.79 Å². The van der Waals surface area contributed by atoms with E-state index >= 15 is 0 Å². The molecule has 1 N–H and O–H groups in total. The Morgan fingerprint density at radius 3 is 2.90 bits per heavy atom. The molecule has 0 aliphatic carbocycles. The van der Waals surface area contributed by atoms with Gasteiger partial charge in [-0.2, -0.15) is 5.10 Å². The summed E-state index contributed by atoms with van der Waals surface area (Å²) in [7, 11) is 0. The lowest BCUT2D eigenvalue weighted by Gasteiger charge is -2.15. The highest BCUT2D eigenvalue weighted by Gasteiger charge is 2.04. The zero-order valence-corrected chi connectivity index (χ0v) is 13.0. The van der Waals surface area contributed by atoms with E-state index in [2.05, 4.69) is 24.3 Å². The van der Waals surface area contributed by atoms with Gasteiger partial charge in [0.25, 0.3) is 0 Å². The molecule has 4 heteroatoms. The van der Waals surface area contributed by atoms with Gasteiger partial charge in [0.2, 0.25) is 5.43 Å². The maximum atomic E-state index is 11.8. The van der Waals surface area contributed by atoms with E-state index in [1.54, 1.807) is 0 Å². The molecule has 4 nitrogen and oxygen atoms in total. The van der Waals surface area contributed by atoms with Gasteiger partial charge in [0.05, 0.1) is 18.3 Å². The average molecular weight is 287 g/mol. The summed E-state index contributed by atoms with van der Waals surface area (Å²) in [4.78, 5) is 11.8. The van der Waals surface area contributed by atoms with Crippen LogP contribution in [0.15, 0.2) is 35.3 Å². The molecular formula is C17H25N3O. The first-order valence-corrected chi connectivity index (χ1v) is 7.90. The van der Waals surface area contributed by atoms with E-state index in [4.69, 9.17) is 0 Å². The second-order valence-electron chi connectivity index (χ2n) is 5.60. The lowest BCUT2D eigenvalue weighted by atomic mass is 10.1. The third-order valence-corrected chi connectivity index (χ3v) is 3.82. The van der Waals surface area contributed by atoms with Crippen molar-refractivity contribution in [2.45, 2.75) is 52.1 Å². The van der Waals surface area contributed by atoms with E-state index in [0.717, 1.165) is 24.0 Å². The molecule has 114 valence electrons. The molecule has 2 rings (SSSR count). The van der Waals surface area contributed by atoms with Crippen LogP contribution in [0.4, 0.5) is 0 Å². The van der Waals surface area contributed by atoms with Crippen LogP contribution in [0.1, 0.15) is 39.5 Å². The number of unbranched alkanes of at least 4 members (excludes halogenated alkanes) is 2. The van der Waals surface area contributed by atoms with E-state index in [-0.39, 0.29) is 5.43 Å². The van der Waals surface area contributed by atoms with Crippen molar-refractivity contribution in [3.63, 3.8) is 0 Å². The highest BCUT2D eigenvalue weighted by molar-refractivity contribution is 5.77. The molecule has 1 unspecified atom stereocenters. The fourth-order valence-electron chi connectivity index (χ4n) is 2.56. The largest absolute Gasteiger partial charge is 0.312 e. The summed E-state index contributed by atoms with van der Waals surface area (Å²) < 4.78 is 1.91. The summed E-state index contributed by atoms with van der Waals surface area (Å²) in [5.74, 6) is 0. The van der Waals surface area contributed by atoms with Gasteiger partial charge < -0.3 is 5.32 Å². The third-order valence-electron chi connectivity index (χ3n) is 3.82. The van der Waals surface area contributed by atoms with Gasteiger partial charge in [-0.1, -0.05) is 38.3 Å². The molecule has 0 aliphatic heterocycles. The Morgan fingerprint density at radius 1 is 1.29 bits per heavy atom. The predicted octanol–water partition coefficient (Wildman–Crippen LogP) is 2.95. The van der Waals surface area contributed by atoms with Crippen LogP contribution in [0, 0.1) is 0 Å². The minimum Gasteiger partial charge on any atom is -0.312 e. The summed E-state index contributed by atoms with van der Waals surface area (Å²) in [5, 5.41) is 8.51. The second kappa shape index (κ2) is 7.93. The third kappa shape index (κ3) is 4.39.